The van der Waals surface area contributed by atoms with E-state index in [2.05, 4.69) is 16.4 Å². The van der Waals surface area contributed by atoms with Gasteiger partial charge in [0.1, 0.15) is 5.82 Å². The summed E-state index contributed by atoms with van der Waals surface area (Å²) in [6.07, 6.45) is 3.17. The number of carbonyl (C=O) groups excluding carboxylic acids is 1. The molecule has 0 unspecified atom stereocenters. The number of pyridine rings is 1. The summed E-state index contributed by atoms with van der Waals surface area (Å²) in [4.78, 5) is 15.1. The highest BCUT2D eigenvalue weighted by Crippen LogP contribution is 2.19. The number of fused-ring (bicyclic) bond motifs is 1. The van der Waals surface area contributed by atoms with Crippen LogP contribution in [0.5, 0.6) is 0 Å². The van der Waals surface area contributed by atoms with E-state index in [-0.39, 0.29) is 5.91 Å². The summed E-state index contributed by atoms with van der Waals surface area (Å²) in [6, 6.07) is 2.07. The fourth-order valence-corrected chi connectivity index (χ4v) is 1.38. The molecule has 2 rings (SSSR count). The largest absolute Gasteiger partial charge is 0.310 e. The second kappa shape index (κ2) is 4.74. The van der Waals surface area contributed by atoms with Crippen molar-refractivity contribution in [3.63, 3.8) is 0 Å². The molecule has 1 aromatic rings. The molecular formula is C11H16N2O. The number of carbonyl (C=O) groups is 1. The predicted molar refractivity (Wildman–Crippen MR) is 57.3 cm³/mol. The minimum Gasteiger partial charge on any atom is -0.310 e. The molecular weight excluding hydrogens is 176 g/mol. The van der Waals surface area contributed by atoms with E-state index in [9.17, 15) is 4.79 Å². The molecule has 0 radical (unpaired) electrons. The number of nitrogens with zero attached hydrogens (tertiary/aromatic N) is 1. The molecule has 1 aliphatic heterocycles. The van der Waals surface area contributed by atoms with Gasteiger partial charge in [-0.05, 0) is 24.5 Å². The molecule has 0 saturated heterocycles. The lowest BCUT2D eigenvalue weighted by atomic mass is 10.1. The van der Waals surface area contributed by atoms with Crippen LogP contribution in [0.15, 0.2) is 12.3 Å². The molecule has 0 atom stereocenters. The summed E-state index contributed by atoms with van der Waals surface area (Å²) in [6.45, 7) is 6.00. The smallest absolute Gasteiger partial charge is 0.225 e. The van der Waals surface area contributed by atoms with Gasteiger partial charge in [0.25, 0.3) is 0 Å². The van der Waals surface area contributed by atoms with Crippen LogP contribution in [0.25, 0.3) is 0 Å². The van der Waals surface area contributed by atoms with Gasteiger partial charge in [-0.3, -0.25) is 4.79 Å². The number of hydrogen-bond acceptors (Lipinski definition) is 2. The van der Waals surface area contributed by atoms with E-state index < -0.39 is 0 Å². The van der Waals surface area contributed by atoms with Gasteiger partial charge in [0, 0.05) is 12.6 Å². The third-order valence-electron chi connectivity index (χ3n) is 1.98. The number of aromatic nitrogens is 1. The van der Waals surface area contributed by atoms with Gasteiger partial charge >= 0.3 is 0 Å². The van der Waals surface area contributed by atoms with Crippen LogP contribution in [0.1, 0.15) is 31.4 Å². The minimum absolute atomic E-state index is 0.0684. The maximum Gasteiger partial charge on any atom is 0.225 e. The van der Waals surface area contributed by atoms with Crippen LogP contribution in [0.3, 0.4) is 0 Å². The zero-order chi connectivity index (χ0) is 10.6. The molecule has 76 valence electrons. The molecule has 1 aliphatic rings. The first-order valence-corrected chi connectivity index (χ1v) is 5.01. The fourth-order valence-electron chi connectivity index (χ4n) is 1.38. The van der Waals surface area contributed by atoms with E-state index in [4.69, 9.17) is 0 Å². The Bertz CT molecular complexity index is 334. The second-order valence-electron chi connectivity index (χ2n) is 3.07. The number of anilines is 1. The first kappa shape index (κ1) is 10.7. The Kier molecular flexibility index (Phi) is 3.63. The standard InChI is InChI=1S/C9H10N2O.C2H6/c1-6-4-7-2-3-8(12)11-9(7)10-5-6;1-2/h4-5H,2-3H2,1H3,(H,10,11,12);1-2H3. The zero-order valence-electron chi connectivity index (χ0n) is 8.92. The van der Waals surface area contributed by atoms with Crippen molar-refractivity contribution in [2.24, 2.45) is 0 Å². The van der Waals surface area contributed by atoms with Crippen LogP contribution < -0.4 is 5.32 Å². The molecule has 3 nitrogen and oxygen atoms in total. The monoisotopic (exact) mass is 192 g/mol. The van der Waals surface area contributed by atoms with E-state index in [1.54, 1.807) is 6.20 Å². The van der Waals surface area contributed by atoms with Crippen molar-refractivity contribution in [1.29, 1.82) is 0 Å². The average molecular weight is 192 g/mol. The number of nitrogens with one attached hydrogen (secondary N) is 1. The first-order valence-electron chi connectivity index (χ1n) is 5.01. The zero-order valence-corrected chi connectivity index (χ0v) is 8.92. The third-order valence-corrected chi connectivity index (χ3v) is 1.98. The third kappa shape index (κ3) is 2.31. The van der Waals surface area contributed by atoms with E-state index in [1.165, 1.54) is 0 Å². The van der Waals surface area contributed by atoms with Crippen LogP contribution in [0, 0.1) is 6.92 Å². The Balaban J connectivity index is 0.000000461. The first-order chi connectivity index (χ1) is 6.75. The van der Waals surface area contributed by atoms with Crippen molar-refractivity contribution in [1.82, 2.24) is 4.98 Å². The highest BCUT2D eigenvalue weighted by molar-refractivity contribution is 5.92. The summed E-state index contributed by atoms with van der Waals surface area (Å²) in [5.41, 5.74) is 2.29. The van der Waals surface area contributed by atoms with Gasteiger partial charge in [-0.2, -0.15) is 0 Å². The Labute approximate surface area is 84.6 Å². The molecule has 0 spiro atoms. The normalized spacial score (nSPS) is 13.5. The molecule has 0 bridgehead atoms. The summed E-state index contributed by atoms with van der Waals surface area (Å²) < 4.78 is 0. The van der Waals surface area contributed by atoms with Gasteiger partial charge < -0.3 is 5.32 Å². The lowest BCUT2D eigenvalue weighted by Gasteiger charge is -2.15. The molecule has 1 N–H and O–H groups in total. The highest BCUT2D eigenvalue weighted by atomic mass is 16.1. The quantitative estimate of drug-likeness (QED) is 0.685. The average Bonchev–Trinajstić information content (AvgIpc) is 2.21. The van der Waals surface area contributed by atoms with E-state index in [0.717, 1.165) is 23.4 Å². The van der Waals surface area contributed by atoms with E-state index >= 15 is 0 Å². The molecule has 14 heavy (non-hydrogen) atoms. The SMILES string of the molecule is CC.Cc1cnc2c(c1)CCC(=O)N2. The summed E-state index contributed by atoms with van der Waals surface area (Å²) in [5.74, 6) is 0.802. The van der Waals surface area contributed by atoms with Crippen LogP contribution in [-0.4, -0.2) is 10.9 Å². The molecule has 0 aromatic carbocycles. The van der Waals surface area contributed by atoms with Crippen molar-refractivity contribution in [3.05, 3.63) is 23.4 Å². The van der Waals surface area contributed by atoms with E-state index in [0.29, 0.717) is 6.42 Å². The molecule has 0 aliphatic carbocycles. The Morgan fingerprint density at radius 1 is 1.36 bits per heavy atom. The maximum atomic E-state index is 11.0. The summed E-state index contributed by atoms with van der Waals surface area (Å²) in [5, 5.41) is 2.74. The Morgan fingerprint density at radius 2 is 2.07 bits per heavy atom. The number of amides is 1. The number of hydrogen-bond donors (Lipinski definition) is 1. The molecule has 0 fully saturated rings. The van der Waals surface area contributed by atoms with Gasteiger partial charge in [0.2, 0.25) is 5.91 Å². The van der Waals surface area contributed by atoms with E-state index in [1.807, 2.05) is 20.8 Å². The number of aryl methyl sites for hydroxylation is 2. The van der Waals surface area contributed by atoms with Crippen LogP contribution in [0.2, 0.25) is 0 Å². The summed E-state index contributed by atoms with van der Waals surface area (Å²) >= 11 is 0. The van der Waals surface area contributed by atoms with Gasteiger partial charge in [0.05, 0.1) is 0 Å². The summed E-state index contributed by atoms with van der Waals surface area (Å²) in [7, 11) is 0. The Hall–Kier alpha value is -1.38. The fraction of sp³-hybridized carbons (Fsp3) is 0.455. The molecule has 2 heterocycles. The Morgan fingerprint density at radius 3 is 2.79 bits per heavy atom. The molecule has 1 amide bonds. The highest BCUT2D eigenvalue weighted by Gasteiger charge is 2.14. The van der Waals surface area contributed by atoms with Gasteiger partial charge in [-0.1, -0.05) is 19.9 Å². The minimum atomic E-state index is 0.0684. The van der Waals surface area contributed by atoms with Crippen molar-refractivity contribution in [2.75, 3.05) is 5.32 Å². The van der Waals surface area contributed by atoms with Gasteiger partial charge in [-0.15, -0.1) is 0 Å². The van der Waals surface area contributed by atoms with Crippen LogP contribution in [0.4, 0.5) is 5.82 Å². The van der Waals surface area contributed by atoms with Crippen LogP contribution >= 0.6 is 0 Å². The van der Waals surface area contributed by atoms with Crippen molar-refractivity contribution >= 4 is 11.7 Å². The maximum absolute atomic E-state index is 11.0. The van der Waals surface area contributed by atoms with Crippen molar-refractivity contribution < 1.29 is 4.79 Å². The topological polar surface area (TPSA) is 42.0 Å². The number of rotatable bonds is 0. The second-order valence-corrected chi connectivity index (χ2v) is 3.07. The lowest BCUT2D eigenvalue weighted by Crippen LogP contribution is -2.20. The van der Waals surface area contributed by atoms with Gasteiger partial charge in [0.15, 0.2) is 0 Å². The molecule has 1 aromatic heterocycles. The van der Waals surface area contributed by atoms with Crippen molar-refractivity contribution in [2.45, 2.75) is 33.6 Å². The molecule has 0 saturated carbocycles. The molecule has 3 heteroatoms. The van der Waals surface area contributed by atoms with Crippen molar-refractivity contribution in [3.8, 4) is 0 Å². The predicted octanol–water partition coefficient (Wildman–Crippen LogP) is 2.30. The lowest BCUT2D eigenvalue weighted by molar-refractivity contribution is -0.116. The van der Waals surface area contributed by atoms with Gasteiger partial charge in [-0.25, -0.2) is 4.98 Å². The van der Waals surface area contributed by atoms with Crippen LogP contribution in [-0.2, 0) is 11.2 Å².